The first-order valence-corrected chi connectivity index (χ1v) is 4.18. The van der Waals surface area contributed by atoms with Crippen molar-refractivity contribution in [3.63, 3.8) is 0 Å². The Labute approximate surface area is 84.7 Å². The number of ether oxygens (including phenoxy) is 1. The highest BCUT2D eigenvalue weighted by molar-refractivity contribution is 5.93. The van der Waals surface area contributed by atoms with Gasteiger partial charge in [-0.15, -0.1) is 0 Å². The number of nitrogens with zero attached hydrogens (tertiary/aromatic N) is 1. The lowest BCUT2D eigenvalue weighted by Gasteiger charge is -1.96. The summed E-state index contributed by atoms with van der Waals surface area (Å²) in [5.74, 6) is -0.459. The Morgan fingerprint density at radius 3 is 3.00 bits per heavy atom. The van der Waals surface area contributed by atoms with Crippen LogP contribution in [0.5, 0.6) is 0 Å². The van der Waals surface area contributed by atoms with Crippen molar-refractivity contribution >= 4 is 23.4 Å². The highest BCUT2D eigenvalue weighted by atomic mass is 16.5. The molecule has 15 heavy (non-hydrogen) atoms. The van der Waals surface area contributed by atoms with Gasteiger partial charge in [0.2, 0.25) is 6.29 Å². The first-order chi connectivity index (χ1) is 7.24. The molecule has 2 aromatic rings. The summed E-state index contributed by atoms with van der Waals surface area (Å²) in [7, 11) is 1.30. The Bertz CT molecular complexity index is 529. The van der Waals surface area contributed by atoms with E-state index in [1.807, 2.05) is 0 Å². The van der Waals surface area contributed by atoms with Crippen LogP contribution in [-0.4, -0.2) is 24.3 Å². The maximum absolute atomic E-state index is 11.2. The van der Waals surface area contributed by atoms with Gasteiger partial charge in [-0.05, 0) is 18.2 Å². The second-order valence-corrected chi connectivity index (χ2v) is 2.84. The zero-order chi connectivity index (χ0) is 10.8. The molecule has 0 saturated heterocycles. The van der Waals surface area contributed by atoms with E-state index in [4.69, 9.17) is 4.42 Å². The van der Waals surface area contributed by atoms with Crippen molar-refractivity contribution in [2.24, 2.45) is 0 Å². The fourth-order valence-electron chi connectivity index (χ4n) is 1.24. The van der Waals surface area contributed by atoms with E-state index in [0.29, 0.717) is 22.9 Å². The van der Waals surface area contributed by atoms with E-state index in [-0.39, 0.29) is 5.89 Å². The smallest absolute Gasteiger partial charge is 0.337 e. The third-order valence-electron chi connectivity index (χ3n) is 1.93. The number of oxazole rings is 1. The van der Waals surface area contributed by atoms with Crippen molar-refractivity contribution in [3.8, 4) is 0 Å². The van der Waals surface area contributed by atoms with Gasteiger partial charge in [0.25, 0.3) is 5.89 Å². The number of fused-ring (bicyclic) bond motifs is 1. The number of rotatable bonds is 2. The summed E-state index contributed by atoms with van der Waals surface area (Å²) in [6.07, 6.45) is 0.512. The molecular weight excluding hydrogens is 198 g/mol. The third-order valence-corrected chi connectivity index (χ3v) is 1.93. The van der Waals surface area contributed by atoms with Crippen molar-refractivity contribution in [2.75, 3.05) is 7.11 Å². The standard InChI is InChI=1S/C10H7NO4/c1-14-10(13)6-2-3-8-7(4-6)11-9(5-12)15-8/h2-5H,1H3. The average molecular weight is 205 g/mol. The van der Waals surface area contributed by atoms with Gasteiger partial charge >= 0.3 is 5.97 Å². The Morgan fingerprint density at radius 2 is 2.33 bits per heavy atom. The predicted molar refractivity (Wildman–Crippen MR) is 50.7 cm³/mol. The number of esters is 1. The molecule has 0 N–H and O–H groups in total. The molecule has 1 aromatic carbocycles. The molecule has 0 aliphatic heterocycles. The SMILES string of the molecule is COC(=O)c1ccc2oc(C=O)nc2c1. The summed E-state index contributed by atoms with van der Waals surface area (Å²) >= 11 is 0. The molecule has 0 spiro atoms. The Hall–Kier alpha value is -2.17. The molecular formula is C10H7NO4. The van der Waals surface area contributed by atoms with Crippen LogP contribution in [0.2, 0.25) is 0 Å². The fraction of sp³-hybridized carbons (Fsp3) is 0.100. The number of aldehydes is 1. The first-order valence-electron chi connectivity index (χ1n) is 4.18. The number of methoxy groups -OCH3 is 1. The molecule has 5 nitrogen and oxygen atoms in total. The molecule has 76 valence electrons. The number of aromatic nitrogens is 1. The average Bonchev–Trinajstić information content (AvgIpc) is 2.69. The summed E-state index contributed by atoms with van der Waals surface area (Å²) in [5, 5.41) is 0. The molecule has 0 bridgehead atoms. The zero-order valence-corrected chi connectivity index (χ0v) is 7.89. The van der Waals surface area contributed by atoms with Gasteiger partial charge < -0.3 is 9.15 Å². The van der Waals surface area contributed by atoms with Crippen LogP contribution in [0.1, 0.15) is 21.0 Å². The minimum absolute atomic E-state index is 0.00739. The molecule has 0 saturated carbocycles. The summed E-state index contributed by atoms with van der Waals surface area (Å²) in [6.45, 7) is 0. The molecule has 0 aliphatic carbocycles. The van der Waals surface area contributed by atoms with E-state index >= 15 is 0 Å². The fourth-order valence-corrected chi connectivity index (χ4v) is 1.24. The van der Waals surface area contributed by atoms with Gasteiger partial charge in [0.05, 0.1) is 12.7 Å². The van der Waals surface area contributed by atoms with Gasteiger partial charge in [-0.3, -0.25) is 4.79 Å². The van der Waals surface area contributed by atoms with Crippen molar-refractivity contribution in [1.29, 1.82) is 0 Å². The van der Waals surface area contributed by atoms with E-state index in [1.54, 1.807) is 12.1 Å². The predicted octanol–water partition coefficient (Wildman–Crippen LogP) is 1.43. The van der Waals surface area contributed by atoms with Crippen LogP contribution in [0, 0.1) is 0 Å². The molecule has 0 aliphatic rings. The molecule has 0 amide bonds. The van der Waals surface area contributed by atoms with Crippen LogP contribution >= 0.6 is 0 Å². The van der Waals surface area contributed by atoms with E-state index in [0.717, 1.165) is 0 Å². The number of benzene rings is 1. The van der Waals surface area contributed by atoms with E-state index in [2.05, 4.69) is 9.72 Å². The van der Waals surface area contributed by atoms with Crippen molar-refractivity contribution in [3.05, 3.63) is 29.7 Å². The molecule has 5 heteroatoms. The van der Waals surface area contributed by atoms with Crippen LogP contribution < -0.4 is 0 Å². The largest absolute Gasteiger partial charge is 0.465 e. The van der Waals surface area contributed by atoms with Crippen molar-refractivity contribution < 1.29 is 18.7 Å². The molecule has 0 atom stereocenters. The number of carbonyl (C=O) groups is 2. The normalized spacial score (nSPS) is 10.2. The van der Waals surface area contributed by atoms with E-state index in [9.17, 15) is 9.59 Å². The third kappa shape index (κ3) is 1.59. The lowest BCUT2D eigenvalue weighted by atomic mass is 10.2. The van der Waals surface area contributed by atoms with Crippen LogP contribution in [-0.2, 0) is 4.74 Å². The summed E-state index contributed by atoms with van der Waals surface area (Å²) in [5.41, 5.74) is 1.29. The van der Waals surface area contributed by atoms with Crippen LogP contribution in [0.25, 0.3) is 11.1 Å². The van der Waals surface area contributed by atoms with Gasteiger partial charge in [-0.1, -0.05) is 0 Å². The molecule has 0 radical (unpaired) electrons. The van der Waals surface area contributed by atoms with Crippen molar-refractivity contribution in [2.45, 2.75) is 0 Å². The second kappa shape index (κ2) is 3.53. The van der Waals surface area contributed by atoms with Gasteiger partial charge in [-0.25, -0.2) is 9.78 Å². The molecule has 1 aromatic heterocycles. The summed E-state index contributed by atoms with van der Waals surface area (Å²) in [4.78, 5) is 25.5. The molecule has 0 fully saturated rings. The quantitative estimate of drug-likeness (QED) is 0.547. The van der Waals surface area contributed by atoms with Crippen LogP contribution in [0.4, 0.5) is 0 Å². The lowest BCUT2D eigenvalue weighted by molar-refractivity contribution is 0.0601. The highest BCUT2D eigenvalue weighted by Crippen LogP contribution is 2.16. The minimum Gasteiger partial charge on any atom is -0.465 e. The van der Waals surface area contributed by atoms with Gasteiger partial charge in [-0.2, -0.15) is 0 Å². The maximum atomic E-state index is 11.2. The van der Waals surface area contributed by atoms with Gasteiger partial charge in [0.15, 0.2) is 5.58 Å². The second-order valence-electron chi connectivity index (χ2n) is 2.84. The highest BCUT2D eigenvalue weighted by Gasteiger charge is 2.09. The lowest BCUT2D eigenvalue weighted by Crippen LogP contribution is -2.00. The Kier molecular flexibility index (Phi) is 2.21. The zero-order valence-electron chi connectivity index (χ0n) is 7.89. The maximum Gasteiger partial charge on any atom is 0.337 e. The van der Waals surface area contributed by atoms with Crippen molar-refractivity contribution in [1.82, 2.24) is 4.98 Å². The van der Waals surface area contributed by atoms with Crippen LogP contribution in [0.3, 0.4) is 0 Å². The number of hydrogen-bond donors (Lipinski definition) is 0. The number of hydrogen-bond acceptors (Lipinski definition) is 5. The minimum atomic E-state index is -0.451. The van der Waals surface area contributed by atoms with E-state index in [1.165, 1.54) is 13.2 Å². The Balaban J connectivity index is 2.55. The Morgan fingerprint density at radius 1 is 1.53 bits per heavy atom. The molecule has 1 heterocycles. The number of carbonyl (C=O) groups excluding carboxylic acids is 2. The first kappa shape index (κ1) is 9.39. The molecule has 2 rings (SSSR count). The van der Waals surface area contributed by atoms with Gasteiger partial charge in [0.1, 0.15) is 5.52 Å². The van der Waals surface area contributed by atoms with E-state index < -0.39 is 5.97 Å². The van der Waals surface area contributed by atoms with Crippen LogP contribution in [0.15, 0.2) is 22.6 Å². The summed E-state index contributed by atoms with van der Waals surface area (Å²) in [6, 6.07) is 4.63. The monoisotopic (exact) mass is 205 g/mol. The van der Waals surface area contributed by atoms with Gasteiger partial charge in [0, 0.05) is 0 Å². The summed E-state index contributed by atoms with van der Waals surface area (Å²) < 4.78 is 9.61. The topological polar surface area (TPSA) is 69.4 Å². The molecule has 0 unspecified atom stereocenters.